The smallest absolute Gasteiger partial charge is 0.0594 e. The van der Waals surface area contributed by atoms with Gasteiger partial charge < -0.3 is 10.1 Å². The zero-order valence-electron chi connectivity index (χ0n) is 13.8. The van der Waals surface area contributed by atoms with Gasteiger partial charge in [-0.25, -0.2) is 0 Å². The van der Waals surface area contributed by atoms with Crippen molar-refractivity contribution < 1.29 is 4.74 Å². The van der Waals surface area contributed by atoms with Crippen LogP contribution in [0.4, 0.5) is 0 Å². The second kappa shape index (κ2) is 7.92. The summed E-state index contributed by atoms with van der Waals surface area (Å²) in [7, 11) is 0. The molecule has 0 amide bonds. The van der Waals surface area contributed by atoms with Crippen LogP contribution in [0.2, 0.25) is 0 Å². The predicted molar refractivity (Wildman–Crippen MR) is 88.7 cm³/mol. The fraction of sp³-hybridized carbons (Fsp3) is 0.667. The first-order valence-electron chi connectivity index (χ1n) is 8.18. The van der Waals surface area contributed by atoms with Gasteiger partial charge in [0, 0.05) is 31.2 Å². The molecule has 1 aliphatic rings. The van der Waals surface area contributed by atoms with Gasteiger partial charge in [-0.2, -0.15) is 0 Å². The van der Waals surface area contributed by atoms with Crippen LogP contribution in [0.5, 0.6) is 0 Å². The predicted octanol–water partition coefficient (Wildman–Crippen LogP) is 2.71. The average Bonchev–Trinajstić information content (AvgIpc) is 2.53. The number of aryl methyl sites for hydroxylation is 1. The molecule has 1 atom stereocenters. The van der Waals surface area contributed by atoms with Crippen molar-refractivity contribution in [1.82, 2.24) is 10.2 Å². The Hall–Kier alpha value is -0.900. The van der Waals surface area contributed by atoms with E-state index in [9.17, 15) is 0 Å². The van der Waals surface area contributed by atoms with E-state index >= 15 is 0 Å². The summed E-state index contributed by atoms with van der Waals surface area (Å²) in [6.45, 7) is 11.8. The maximum atomic E-state index is 5.45. The van der Waals surface area contributed by atoms with Crippen LogP contribution in [0.25, 0.3) is 0 Å². The van der Waals surface area contributed by atoms with E-state index in [1.807, 2.05) is 0 Å². The van der Waals surface area contributed by atoms with Gasteiger partial charge in [0.1, 0.15) is 0 Å². The lowest BCUT2D eigenvalue weighted by Gasteiger charge is -2.41. The summed E-state index contributed by atoms with van der Waals surface area (Å²) in [6.07, 6.45) is 2.33. The lowest BCUT2D eigenvalue weighted by molar-refractivity contribution is -0.0103. The van der Waals surface area contributed by atoms with Crippen molar-refractivity contribution in [3.8, 4) is 0 Å². The van der Waals surface area contributed by atoms with E-state index in [0.29, 0.717) is 6.04 Å². The first kappa shape index (κ1) is 16.5. The summed E-state index contributed by atoms with van der Waals surface area (Å²) in [4.78, 5) is 2.54. The first-order chi connectivity index (χ1) is 10.1. The molecular weight excluding hydrogens is 260 g/mol. The average molecular weight is 290 g/mol. The van der Waals surface area contributed by atoms with Crippen LogP contribution in [-0.2, 0) is 11.2 Å². The van der Waals surface area contributed by atoms with Crippen LogP contribution in [-0.4, -0.2) is 49.3 Å². The standard InChI is InChI=1S/C18H30N2O/c1-16(9-10-17-7-5-4-6-8-17)19-15-18(2,3)20-11-13-21-14-12-20/h4-8,16,19H,9-15H2,1-3H3. The highest BCUT2D eigenvalue weighted by Gasteiger charge is 2.28. The number of ether oxygens (including phenoxy) is 1. The number of hydrogen-bond acceptors (Lipinski definition) is 3. The summed E-state index contributed by atoms with van der Waals surface area (Å²) in [6, 6.07) is 11.3. The highest BCUT2D eigenvalue weighted by molar-refractivity contribution is 5.14. The van der Waals surface area contributed by atoms with E-state index in [0.717, 1.165) is 39.3 Å². The molecule has 1 heterocycles. The van der Waals surface area contributed by atoms with Crippen LogP contribution in [0.1, 0.15) is 32.8 Å². The minimum atomic E-state index is 0.199. The number of hydrogen-bond donors (Lipinski definition) is 1. The Morgan fingerprint density at radius 2 is 1.86 bits per heavy atom. The van der Waals surface area contributed by atoms with Gasteiger partial charge in [0.15, 0.2) is 0 Å². The third-order valence-electron chi connectivity index (χ3n) is 4.46. The Bertz CT molecular complexity index is 399. The molecule has 0 radical (unpaired) electrons. The maximum absolute atomic E-state index is 5.45. The first-order valence-corrected chi connectivity index (χ1v) is 8.18. The Balaban J connectivity index is 1.71. The molecule has 0 aromatic heterocycles. The Morgan fingerprint density at radius 3 is 2.52 bits per heavy atom. The largest absolute Gasteiger partial charge is 0.379 e. The van der Waals surface area contributed by atoms with Gasteiger partial charge in [-0.15, -0.1) is 0 Å². The van der Waals surface area contributed by atoms with Crippen molar-refractivity contribution in [1.29, 1.82) is 0 Å². The van der Waals surface area contributed by atoms with E-state index in [4.69, 9.17) is 4.74 Å². The summed E-state index contributed by atoms with van der Waals surface area (Å²) in [5.74, 6) is 0. The lowest BCUT2D eigenvalue weighted by atomic mass is 10.0. The van der Waals surface area contributed by atoms with Crippen molar-refractivity contribution in [3.05, 3.63) is 35.9 Å². The number of benzene rings is 1. The van der Waals surface area contributed by atoms with E-state index < -0.39 is 0 Å². The lowest BCUT2D eigenvalue weighted by Crippen LogP contribution is -2.55. The van der Waals surface area contributed by atoms with Gasteiger partial charge >= 0.3 is 0 Å². The summed E-state index contributed by atoms with van der Waals surface area (Å²) in [5.41, 5.74) is 1.63. The molecule has 1 N–H and O–H groups in total. The normalized spacial score (nSPS) is 18.6. The van der Waals surface area contributed by atoms with Gasteiger partial charge in [0.25, 0.3) is 0 Å². The summed E-state index contributed by atoms with van der Waals surface area (Å²) < 4.78 is 5.45. The third-order valence-corrected chi connectivity index (χ3v) is 4.46. The summed E-state index contributed by atoms with van der Waals surface area (Å²) >= 11 is 0. The zero-order valence-corrected chi connectivity index (χ0v) is 13.8. The molecule has 0 aliphatic carbocycles. The van der Waals surface area contributed by atoms with E-state index in [-0.39, 0.29) is 5.54 Å². The monoisotopic (exact) mass is 290 g/mol. The van der Waals surface area contributed by atoms with E-state index in [2.05, 4.69) is 61.3 Å². The molecule has 1 fully saturated rings. The second-order valence-electron chi connectivity index (χ2n) is 6.72. The van der Waals surface area contributed by atoms with Crippen LogP contribution in [0, 0.1) is 0 Å². The number of nitrogens with one attached hydrogen (secondary N) is 1. The van der Waals surface area contributed by atoms with Gasteiger partial charge in [-0.1, -0.05) is 30.3 Å². The number of rotatable bonds is 7. The van der Waals surface area contributed by atoms with Crippen molar-refractivity contribution in [2.24, 2.45) is 0 Å². The molecule has 0 bridgehead atoms. The van der Waals surface area contributed by atoms with Crippen LogP contribution in [0.3, 0.4) is 0 Å². The molecule has 1 aliphatic heterocycles. The van der Waals surface area contributed by atoms with Gasteiger partial charge in [0.05, 0.1) is 13.2 Å². The summed E-state index contributed by atoms with van der Waals surface area (Å²) in [5, 5.41) is 3.71. The Morgan fingerprint density at radius 1 is 1.19 bits per heavy atom. The minimum absolute atomic E-state index is 0.199. The van der Waals surface area contributed by atoms with Crippen molar-refractivity contribution in [2.75, 3.05) is 32.8 Å². The number of morpholine rings is 1. The second-order valence-corrected chi connectivity index (χ2v) is 6.72. The third kappa shape index (κ3) is 5.42. The molecule has 0 spiro atoms. The Kier molecular flexibility index (Phi) is 6.22. The highest BCUT2D eigenvalue weighted by Crippen LogP contribution is 2.15. The maximum Gasteiger partial charge on any atom is 0.0594 e. The van der Waals surface area contributed by atoms with Gasteiger partial charge in [-0.05, 0) is 39.2 Å². The molecule has 21 heavy (non-hydrogen) atoms. The van der Waals surface area contributed by atoms with E-state index in [1.54, 1.807) is 0 Å². The van der Waals surface area contributed by atoms with Crippen molar-refractivity contribution >= 4 is 0 Å². The molecule has 2 rings (SSSR count). The topological polar surface area (TPSA) is 24.5 Å². The van der Waals surface area contributed by atoms with Gasteiger partial charge in [-0.3, -0.25) is 4.90 Å². The molecule has 118 valence electrons. The van der Waals surface area contributed by atoms with E-state index in [1.165, 1.54) is 12.0 Å². The molecule has 1 unspecified atom stereocenters. The molecule has 3 nitrogen and oxygen atoms in total. The molecule has 1 aromatic carbocycles. The van der Waals surface area contributed by atoms with Crippen LogP contribution in [0.15, 0.2) is 30.3 Å². The fourth-order valence-corrected chi connectivity index (χ4v) is 2.83. The zero-order chi connectivity index (χ0) is 15.1. The SMILES string of the molecule is CC(CCc1ccccc1)NCC(C)(C)N1CCOCC1. The Labute approximate surface area is 129 Å². The number of nitrogens with zero attached hydrogens (tertiary/aromatic N) is 1. The molecule has 0 saturated carbocycles. The van der Waals surface area contributed by atoms with Crippen molar-refractivity contribution in [3.63, 3.8) is 0 Å². The van der Waals surface area contributed by atoms with Crippen LogP contribution < -0.4 is 5.32 Å². The molecule has 3 heteroatoms. The van der Waals surface area contributed by atoms with Crippen LogP contribution >= 0.6 is 0 Å². The minimum Gasteiger partial charge on any atom is -0.379 e. The molecule has 1 aromatic rings. The van der Waals surface area contributed by atoms with Gasteiger partial charge in [0.2, 0.25) is 0 Å². The fourth-order valence-electron chi connectivity index (χ4n) is 2.83. The van der Waals surface area contributed by atoms with Crippen molar-refractivity contribution in [2.45, 2.75) is 45.2 Å². The quantitative estimate of drug-likeness (QED) is 0.835. The molecule has 1 saturated heterocycles. The highest BCUT2D eigenvalue weighted by atomic mass is 16.5. The molecular formula is C18H30N2O.